The molecule has 44 heavy (non-hydrogen) atoms. The minimum Gasteiger partial charge on any atom is -0.504 e. The predicted molar refractivity (Wildman–Crippen MR) is 170 cm³/mol. The maximum Gasteiger partial charge on any atom is 0.188 e. The highest BCUT2D eigenvalue weighted by Crippen LogP contribution is 2.69. The molecule has 9 rings (SSSR count). The standard InChI is InChI=1S/C36H39N5O3/c37-34(39-19-22-4-2-1-3-5-22)38-14-12-21-8-10-27-25(16-21)26-18-36(43)29-17-24-9-11-28(42)32-30(24)35(36,33(44-32)31(26)40-27)13-15-41(29)20-23-6-7-23/h1-5,8-11,16,23,29,33,40,42-43H,6-7,12-15,17-20H2,(H3,37,38,39)/t29-,33-,35-,36+/m0/s1. The third-order valence-corrected chi connectivity index (χ3v) is 11.2. The van der Waals surface area contributed by atoms with Crippen LogP contribution in [0.25, 0.3) is 10.9 Å². The van der Waals surface area contributed by atoms with E-state index in [0.29, 0.717) is 31.2 Å². The van der Waals surface area contributed by atoms with Crippen LogP contribution in [0.3, 0.4) is 0 Å². The van der Waals surface area contributed by atoms with Gasteiger partial charge in [-0.1, -0.05) is 42.5 Å². The number of ether oxygens (including phenoxy) is 1. The molecule has 3 aromatic carbocycles. The van der Waals surface area contributed by atoms with E-state index < -0.39 is 11.0 Å². The third kappa shape index (κ3) is 3.73. The fourth-order valence-corrected chi connectivity index (χ4v) is 8.98. The maximum absolute atomic E-state index is 13.1. The Kier molecular flexibility index (Phi) is 5.70. The molecular weight excluding hydrogens is 550 g/mol. The van der Waals surface area contributed by atoms with Crippen molar-refractivity contribution in [3.8, 4) is 11.5 Å². The van der Waals surface area contributed by atoms with E-state index in [1.165, 1.54) is 24.0 Å². The first-order valence-electron chi connectivity index (χ1n) is 16.1. The van der Waals surface area contributed by atoms with Gasteiger partial charge in [-0.05, 0) is 85.0 Å². The Morgan fingerprint density at radius 1 is 1.11 bits per heavy atom. The molecule has 2 bridgehead atoms. The molecule has 3 heterocycles. The van der Waals surface area contributed by atoms with Crippen molar-refractivity contribution < 1.29 is 14.9 Å². The third-order valence-electron chi connectivity index (χ3n) is 11.2. The number of aliphatic imine (C=N–C) groups is 1. The maximum atomic E-state index is 13.1. The van der Waals surface area contributed by atoms with Gasteiger partial charge in [0.15, 0.2) is 23.6 Å². The van der Waals surface area contributed by atoms with Crippen molar-refractivity contribution in [3.05, 3.63) is 94.2 Å². The molecule has 2 fully saturated rings. The number of aromatic nitrogens is 1. The van der Waals surface area contributed by atoms with Gasteiger partial charge in [-0.25, -0.2) is 4.99 Å². The van der Waals surface area contributed by atoms with Crippen LogP contribution < -0.4 is 15.8 Å². The van der Waals surface area contributed by atoms with Gasteiger partial charge in [0.25, 0.3) is 0 Å². The summed E-state index contributed by atoms with van der Waals surface area (Å²) in [6.45, 7) is 3.24. The number of fused-ring (bicyclic) bond motifs is 4. The number of aromatic hydroxyl groups is 1. The van der Waals surface area contributed by atoms with Crippen LogP contribution in [0.4, 0.5) is 0 Å². The van der Waals surface area contributed by atoms with E-state index in [1.807, 2.05) is 30.3 Å². The number of hydrogen-bond acceptors (Lipinski definition) is 5. The molecule has 1 saturated carbocycles. The summed E-state index contributed by atoms with van der Waals surface area (Å²) < 4.78 is 6.74. The van der Waals surface area contributed by atoms with Crippen molar-refractivity contribution in [1.29, 1.82) is 0 Å². The normalized spacial score (nSPS) is 28.4. The number of hydrogen-bond donors (Lipinski definition) is 5. The average molecular weight is 590 g/mol. The van der Waals surface area contributed by atoms with E-state index in [1.54, 1.807) is 6.07 Å². The molecule has 0 unspecified atom stereocenters. The molecule has 226 valence electrons. The van der Waals surface area contributed by atoms with Crippen molar-refractivity contribution >= 4 is 16.9 Å². The summed E-state index contributed by atoms with van der Waals surface area (Å²) in [6, 6.07) is 20.5. The van der Waals surface area contributed by atoms with Crippen LogP contribution in [0.1, 0.15) is 58.9 Å². The van der Waals surface area contributed by atoms with Crippen LogP contribution in [-0.4, -0.2) is 57.3 Å². The summed E-state index contributed by atoms with van der Waals surface area (Å²) in [4.78, 5) is 10.8. The quantitative estimate of drug-likeness (QED) is 0.163. The number of guanidine groups is 1. The molecule has 0 radical (unpaired) electrons. The first-order chi connectivity index (χ1) is 21.4. The van der Waals surface area contributed by atoms with Gasteiger partial charge in [-0.3, -0.25) is 4.90 Å². The highest BCUT2D eigenvalue weighted by atomic mass is 16.5. The highest BCUT2D eigenvalue weighted by Gasteiger charge is 2.72. The molecule has 5 aliphatic rings. The van der Waals surface area contributed by atoms with E-state index in [0.717, 1.165) is 71.6 Å². The Bertz CT molecular complexity index is 1810. The molecule has 1 aromatic heterocycles. The minimum atomic E-state index is -0.986. The minimum absolute atomic E-state index is 0.0228. The number of nitrogens with two attached hydrogens (primary N) is 1. The number of nitrogens with zero attached hydrogens (tertiary/aromatic N) is 2. The molecule has 2 aliphatic heterocycles. The second kappa shape index (κ2) is 9.49. The zero-order valence-corrected chi connectivity index (χ0v) is 24.9. The van der Waals surface area contributed by atoms with Gasteiger partial charge in [-0.15, -0.1) is 0 Å². The molecule has 1 spiro atoms. The van der Waals surface area contributed by atoms with Crippen molar-refractivity contribution in [2.45, 2.75) is 68.2 Å². The van der Waals surface area contributed by atoms with Gasteiger partial charge in [0.1, 0.15) is 0 Å². The lowest BCUT2D eigenvalue weighted by molar-refractivity contribution is -0.173. The summed E-state index contributed by atoms with van der Waals surface area (Å²) in [6.07, 6.45) is 5.20. The summed E-state index contributed by atoms with van der Waals surface area (Å²) in [5.74, 6) is 1.94. The number of nitrogens with one attached hydrogen (secondary N) is 2. The number of likely N-dealkylation sites (tertiary alicyclic amines) is 1. The van der Waals surface area contributed by atoms with Crippen molar-refractivity contribution in [3.63, 3.8) is 0 Å². The lowest BCUT2D eigenvalue weighted by Crippen LogP contribution is -2.74. The SMILES string of the molecule is NC(=NCc1ccccc1)NCCc1ccc2[nH]c3c(c2c1)C[C@@]1(O)[C@@H]2Cc4ccc(O)c5c4[C@@]1(CCN2CC1CC1)[C@H]3O5. The Labute approximate surface area is 256 Å². The lowest BCUT2D eigenvalue weighted by Gasteiger charge is -2.62. The van der Waals surface area contributed by atoms with Crippen LogP contribution >= 0.6 is 0 Å². The predicted octanol–water partition coefficient (Wildman–Crippen LogP) is 4.22. The topological polar surface area (TPSA) is 119 Å². The highest BCUT2D eigenvalue weighted by molar-refractivity contribution is 5.87. The van der Waals surface area contributed by atoms with Crippen LogP contribution in [-0.2, 0) is 31.2 Å². The zero-order valence-electron chi connectivity index (χ0n) is 24.9. The van der Waals surface area contributed by atoms with Gasteiger partial charge < -0.3 is 31.0 Å². The Morgan fingerprint density at radius 3 is 2.82 bits per heavy atom. The summed E-state index contributed by atoms with van der Waals surface area (Å²) in [5, 5.41) is 28.4. The monoisotopic (exact) mass is 589 g/mol. The summed E-state index contributed by atoms with van der Waals surface area (Å²) in [7, 11) is 0. The van der Waals surface area contributed by atoms with Crippen LogP contribution in [0.2, 0.25) is 0 Å². The van der Waals surface area contributed by atoms with Gasteiger partial charge in [0.05, 0.1) is 23.3 Å². The number of aliphatic hydroxyl groups is 1. The molecule has 8 heteroatoms. The first-order valence-corrected chi connectivity index (χ1v) is 16.1. The van der Waals surface area contributed by atoms with E-state index in [4.69, 9.17) is 10.5 Å². The van der Waals surface area contributed by atoms with Gasteiger partial charge in [0, 0.05) is 42.0 Å². The molecule has 3 aliphatic carbocycles. The number of phenolic OH excluding ortho intramolecular Hbond substituents is 1. The number of rotatable bonds is 7. The fraction of sp³-hybridized carbons (Fsp3) is 0.417. The van der Waals surface area contributed by atoms with Gasteiger partial charge >= 0.3 is 0 Å². The van der Waals surface area contributed by atoms with Crippen molar-refractivity contribution in [1.82, 2.24) is 15.2 Å². The Morgan fingerprint density at radius 2 is 1.98 bits per heavy atom. The number of aromatic amines is 1. The van der Waals surface area contributed by atoms with Crippen molar-refractivity contribution in [2.75, 3.05) is 19.6 Å². The molecule has 6 N–H and O–H groups in total. The Balaban J connectivity index is 1.04. The molecule has 0 amide bonds. The van der Waals surface area contributed by atoms with E-state index in [9.17, 15) is 10.2 Å². The first kappa shape index (κ1) is 26.4. The Hall–Kier alpha value is -4.01. The molecule has 1 saturated heterocycles. The zero-order chi connectivity index (χ0) is 29.6. The molecule has 4 atom stereocenters. The van der Waals surface area contributed by atoms with Crippen LogP contribution in [0.5, 0.6) is 11.5 Å². The average Bonchev–Trinajstić information content (AvgIpc) is 3.67. The number of piperidine rings is 1. The number of benzene rings is 3. The number of phenols is 1. The summed E-state index contributed by atoms with van der Waals surface area (Å²) >= 11 is 0. The largest absolute Gasteiger partial charge is 0.504 e. The summed E-state index contributed by atoms with van der Waals surface area (Å²) in [5.41, 5.74) is 12.5. The smallest absolute Gasteiger partial charge is 0.188 e. The van der Waals surface area contributed by atoms with E-state index in [-0.39, 0.29) is 17.9 Å². The molecule has 8 nitrogen and oxygen atoms in total. The van der Waals surface area contributed by atoms with Gasteiger partial charge in [0.2, 0.25) is 0 Å². The molecule has 4 aromatic rings. The molecular formula is C36H39N5O3. The fourth-order valence-electron chi connectivity index (χ4n) is 8.98. The second-order valence-electron chi connectivity index (χ2n) is 13.7. The lowest BCUT2D eigenvalue weighted by atomic mass is 9.49. The van der Waals surface area contributed by atoms with Crippen LogP contribution in [0, 0.1) is 5.92 Å². The number of H-pyrrole nitrogens is 1. The van der Waals surface area contributed by atoms with E-state index >= 15 is 0 Å². The van der Waals surface area contributed by atoms with Crippen molar-refractivity contribution in [2.24, 2.45) is 16.6 Å². The van der Waals surface area contributed by atoms with E-state index in [2.05, 4.69) is 44.5 Å². The van der Waals surface area contributed by atoms with Crippen LogP contribution in [0.15, 0.2) is 65.7 Å². The second-order valence-corrected chi connectivity index (χ2v) is 13.7. The van der Waals surface area contributed by atoms with Gasteiger partial charge in [-0.2, -0.15) is 0 Å².